The van der Waals surface area contributed by atoms with Gasteiger partial charge in [-0.25, -0.2) is 9.13 Å². The monoisotopic (exact) mass is 1540 g/mol. The molecule has 0 aromatic carbocycles. The highest BCUT2D eigenvalue weighted by atomic mass is 31.2. The number of hydrogen-bond donors (Lipinski definition) is 4. The van der Waals surface area contributed by atoms with Gasteiger partial charge in [0.15, 0.2) is 6.10 Å². The zero-order valence-electron chi connectivity index (χ0n) is 67.8. The molecular weight excluding hydrogens is 1390 g/mol. The maximum absolute atomic E-state index is 13.0. The molecule has 0 heterocycles. The fourth-order valence-corrected chi connectivity index (χ4v) is 13.2. The van der Waals surface area contributed by atoms with Crippen LogP contribution in [0.5, 0.6) is 0 Å². The normalized spacial score (nSPS) is 14.5. The van der Waals surface area contributed by atoms with E-state index in [-0.39, 0.29) is 19.3 Å². The van der Waals surface area contributed by atoms with Gasteiger partial charge in [-0.3, -0.25) is 32.5 Å². The molecule has 0 saturated heterocycles. The summed E-state index contributed by atoms with van der Waals surface area (Å²) < 4.78 is 61.2. The third kappa shape index (κ3) is 82.7. The van der Waals surface area contributed by atoms with Crippen molar-refractivity contribution in [2.75, 3.05) is 39.6 Å². The maximum atomic E-state index is 13.0. The lowest BCUT2D eigenvalue weighted by Crippen LogP contribution is -2.30. The number of aliphatic hydroxyl groups is 2. The Balaban J connectivity index is 4.42. The van der Waals surface area contributed by atoms with Crippen LogP contribution in [0.4, 0.5) is 0 Å². The van der Waals surface area contributed by atoms with E-state index in [4.69, 9.17) is 32.3 Å². The second-order valence-corrected chi connectivity index (χ2v) is 31.5. The zero-order chi connectivity index (χ0) is 78.0. The summed E-state index contributed by atoms with van der Waals surface area (Å²) in [7, 11) is -9.80. The predicted molar refractivity (Wildman–Crippen MR) is 445 cm³/mol. The average Bonchev–Trinajstić information content (AvgIpc) is 0.906. The van der Waals surface area contributed by atoms with Crippen LogP contribution in [0, 0.1) is 0 Å². The highest BCUT2D eigenvalue weighted by Gasteiger charge is 2.29. The second kappa shape index (κ2) is 81.4. The second-order valence-electron chi connectivity index (χ2n) is 28.6. The molecule has 0 fully saturated rings. The molecule has 18 heteroatoms. The van der Waals surface area contributed by atoms with Crippen molar-refractivity contribution in [1.29, 1.82) is 0 Å². The van der Waals surface area contributed by atoms with Crippen molar-refractivity contribution < 1.29 is 75.8 Å². The van der Waals surface area contributed by atoms with Crippen molar-refractivity contribution in [3.8, 4) is 0 Å². The van der Waals surface area contributed by atoms with Gasteiger partial charge in [-0.05, 0) is 141 Å². The van der Waals surface area contributed by atoms with E-state index in [0.29, 0.717) is 19.3 Å². The van der Waals surface area contributed by atoms with Gasteiger partial charge in [-0.2, -0.15) is 0 Å². The van der Waals surface area contributed by atoms with Crippen LogP contribution in [0.3, 0.4) is 0 Å². The first-order valence-electron chi connectivity index (χ1n) is 42.8. The molecule has 618 valence electrons. The van der Waals surface area contributed by atoms with Gasteiger partial charge in [0, 0.05) is 19.3 Å². The molecule has 4 N–H and O–H groups in total. The van der Waals surface area contributed by atoms with Gasteiger partial charge in [-0.1, -0.05) is 328 Å². The van der Waals surface area contributed by atoms with Crippen LogP contribution >= 0.6 is 15.6 Å². The summed E-state index contributed by atoms with van der Waals surface area (Å²) in [6.07, 6.45) is 98.3. The predicted octanol–water partition coefficient (Wildman–Crippen LogP) is 25.7. The number of allylic oxidation sites excluding steroid dienone is 20. The van der Waals surface area contributed by atoms with E-state index in [1.165, 1.54) is 173 Å². The molecule has 0 saturated carbocycles. The zero-order valence-corrected chi connectivity index (χ0v) is 69.6. The summed E-state index contributed by atoms with van der Waals surface area (Å²) in [5.74, 6) is -1.60. The van der Waals surface area contributed by atoms with Gasteiger partial charge in [-0.15, -0.1) is 0 Å². The molecule has 107 heavy (non-hydrogen) atoms. The molecule has 0 spiro atoms. The van der Waals surface area contributed by atoms with Crippen LogP contribution in [0.1, 0.15) is 367 Å². The molecule has 0 aliphatic heterocycles. The Hall–Kier alpha value is -4.05. The molecule has 16 nitrogen and oxygen atoms in total. The smallest absolute Gasteiger partial charge is 0.463 e. The van der Waals surface area contributed by atoms with Crippen LogP contribution in [0.25, 0.3) is 0 Å². The van der Waals surface area contributed by atoms with Gasteiger partial charge in [0.1, 0.15) is 25.4 Å². The molecule has 0 radical (unpaired) electrons. The van der Waals surface area contributed by atoms with E-state index in [1.807, 2.05) is 0 Å². The number of phosphoric ester groups is 2. The van der Waals surface area contributed by atoms with Crippen molar-refractivity contribution >= 4 is 33.6 Å². The number of ether oxygens (including phenoxy) is 3. The summed E-state index contributed by atoms with van der Waals surface area (Å²) in [4.78, 5) is 58.7. The summed E-state index contributed by atoms with van der Waals surface area (Å²) in [6.45, 7) is 2.59. The van der Waals surface area contributed by atoms with Crippen LogP contribution in [0.15, 0.2) is 122 Å². The van der Waals surface area contributed by atoms with Crippen LogP contribution in [0.2, 0.25) is 0 Å². The number of unbranched alkanes of at least 4 members (excludes halogenated alkanes) is 38. The molecule has 0 aromatic rings. The summed E-state index contributed by atoms with van der Waals surface area (Å²) in [5, 5.41) is 20.7. The third-order valence-corrected chi connectivity index (χ3v) is 20.0. The topological polar surface area (TPSA) is 231 Å². The van der Waals surface area contributed by atoms with Crippen molar-refractivity contribution in [1.82, 2.24) is 0 Å². The van der Waals surface area contributed by atoms with Gasteiger partial charge in [0.05, 0.1) is 26.4 Å². The van der Waals surface area contributed by atoms with Crippen molar-refractivity contribution in [3.05, 3.63) is 122 Å². The number of phosphoric acid groups is 2. The van der Waals surface area contributed by atoms with Gasteiger partial charge < -0.3 is 34.2 Å². The first-order valence-corrected chi connectivity index (χ1v) is 45.8. The number of carbonyl (C=O) groups excluding carboxylic acids is 3. The lowest BCUT2D eigenvalue weighted by Gasteiger charge is -2.21. The van der Waals surface area contributed by atoms with Crippen LogP contribution in [-0.2, 0) is 55.8 Å². The Morgan fingerprint density at radius 2 is 0.467 bits per heavy atom. The lowest BCUT2D eigenvalue weighted by molar-refractivity contribution is -0.161. The third-order valence-electron chi connectivity index (χ3n) is 18.1. The van der Waals surface area contributed by atoms with E-state index >= 15 is 0 Å². The Bertz CT molecular complexity index is 2430. The largest absolute Gasteiger partial charge is 0.472 e. The summed E-state index contributed by atoms with van der Waals surface area (Å²) >= 11 is 0. The van der Waals surface area contributed by atoms with Crippen molar-refractivity contribution in [3.63, 3.8) is 0 Å². The number of rotatable bonds is 81. The van der Waals surface area contributed by atoms with Gasteiger partial charge in [0.25, 0.3) is 0 Å². The van der Waals surface area contributed by atoms with Crippen LogP contribution < -0.4 is 0 Å². The minimum Gasteiger partial charge on any atom is -0.463 e. The minimum atomic E-state index is -4.94. The summed E-state index contributed by atoms with van der Waals surface area (Å²) in [6, 6.07) is 0. The molecular formula is C89H156O16P2. The average molecular weight is 1540 g/mol. The van der Waals surface area contributed by atoms with Crippen molar-refractivity contribution in [2.24, 2.45) is 0 Å². The fourth-order valence-electron chi connectivity index (χ4n) is 11.6. The molecule has 0 rings (SSSR count). The van der Waals surface area contributed by atoms with Gasteiger partial charge >= 0.3 is 33.6 Å². The fraction of sp³-hybridized carbons (Fsp3) is 0.742. The lowest BCUT2D eigenvalue weighted by atomic mass is 10.0. The molecule has 0 aromatic heterocycles. The first-order chi connectivity index (χ1) is 52.2. The molecule has 5 unspecified atom stereocenters. The molecule has 0 amide bonds. The van der Waals surface area contributed by atoms with E-state index in [9.17, 15) is 43.5 Å². The van der Waals surface area contributed by atoms with E-state index in [1.54, 1.807) is 0 Å². The molecule has 0 aliphatic rings. The molecule has 0 bridgehead atoms. The number of aliphatic hydroxyl groups excluding tert-OH is 2. The molecule has 0 aliphatic carbocycles. The molecule has 5 atom stereocenters. The van der Waals surface area contributed by atoms with E-state index in [0.717, 1.165) is 135 Å². The Labute approximate surface area is 653 Å². The van der Waals surface area contributed by atoms with E-state index in [2.05, 4.69) is 142 Å². The Kier molecular flexibility index (Phi) is 78.4. The summed E-state index contributed by atoms with van der Waals surface area (Å²) in [5.41, 5.74) is 0. The van der Waals surface area contributed by atoms with Gasteiger partial charge in [0.2, 0.25) is 0 Å². The minimum absolute atomic E-state index is 0.0829. The highest BCUT2D eigenvalue weighted by Crippen LogP contribution is 2.45. The Morgan fingerprint density at radius 3 is 0.738 bits per heavy atom. The number of esters is 3. The SMILES string of the molecule is CCCCC/C=C\C/C=C\C/C=C\C/C=C\CCCCCCCCCCCCCCCCCCCCCC(=O)OCC(O)COP(=O)(O)OCC(O)COP(=O)(O)OCC(COC(=O)CCCCCCC/C=C\C/C=C\C/C=C\C/C=C\CCCCC)OC(=O)CCCCCCC/C=C\C/C=C\CCCCC. The standard InChI is InChI=1S/C89H156O16P2/c1-4-7-10-13-16-19-22-25-28-30-32-34-35-36-37-38-39-40-41-42-43-44-45-46-47-49-51-52-55-57-60-63-66-69-72-75-87(92)99-78-84(90)79-101-106(95,96)102-80-85(91)81-103-107(97,98)104-83-86(105-89(94)77-74-71-68-65-62-59-54-27-24-21-18-15-12-9-6-3)82-100-88(93)76-73-70-67-64-61-58-56-53-50-48-33-31-29-26-23-20-17-14-11-8-5-2/h16-21,25-29,32-34,36-37,48,53-54,56,84-86,90-91H,4-15,22-24,30-31,35,38-47,49-52,55,57-83H2,1-3H3,(H,95,96)(H,97,98)/b19-16-,20-17-,21-18-,28-25-,29-26-,34-32-,37-36-,48-33-,54-27-,56-53-. The number of carbonyl (C=O) groups is 3. The quantitative estimate of drug-likeness (QED) is 0.0146. The van der Waals surface area contributed by atoms with Crippen molar-refractivity contribution in [2.45, 2.75) is 386 Å². The van der Waals surface area contributed by atoms with E-state index < -0.39 is 91.5 Å². The highest BCUT2D eigenvalue weighted by molar-refractivity contribution is 7.47. The number of hydrogen-bond acceptors (Lipinski definition) is 14. The maximum Gasteiger partial charge on any atom is 0.472 e. The first kappa shape index (κ1) is 103. The van der Waals surface area contributed by atoms with Crippen LogP contribution in [-0.4, -0.2) is 95.9 Å². The Morgan fingerprint density at radius 1 is 0.262 bits per heavy atom.